The van der Waals surface area contributed by atoms with Crippen LogP contribution in [0.3, 0.4) is 0 Å². The number of nitrogens with one attached hydrogen (secondary N) is 1. The topological polar surface area (TPSA) is 55.1 Å². The number of carbonyl (C=O) groups excluding carboxylic acids is 1. The van der Waals surface area contributed by atoms with Gasteiger partial charge in [0.1, 0.15) is 0 Å². The summed E-state index contributed by atoms with van der Waals surface area (Å²) in [6, 6.07) is 8.25. The van der Waals surface area contributed by atoms with Gasteiger partial charge in [-0.3, -0.25) is 9.69 Å². The lowest BCUT2D eigenvalue weighted by atomic mass is 9.97. The van der Waals surface area contributed by atoms with Gasteiger partial charge >= 0.3 is 0 Å². The van der Waals surface area contributed by atoms with E-state index in [1.165, 1.54) is 11.3 Å². The largest absolute Gasteiger partial charge is 0.320 e. The zero-order chi connectivity index (χ0) is 18.1. The Morgan fingerprint density at radius 2 is 2.19 bits per heavy atom. The Balaban J connectivity index is 1.50. The fourth-order valence-corrected chi connectivity index (χ4v) is 4.38. The summed E-state index contributed by atoms with van der Waals surface area (Å²) in [6.07, 6.45) is 3.62. The smallest absolute Gasteiger partial charge is 0.230 e. The molecule has 1 atom stereocenters. The SMILES string of the molecule is Cn1c(=S)n(CN2CCC[C@@H](C(=O)Nc3nccs3)C2)c2ccccc21. The molecule has 136 valence electrons. The second-order valence-corrected chi connectivity index (χ2v) is 7.90. The van der Waals surface area contributed by atoms with Crippen LogP contribution in [-0.4, -0.2) is 38.0 Å². The number of hydrogen-bond acceptors (Lipinski definition) is 5. The quantitative estimate of drug-likeness (QED) is 0.697. The summed E-state index contributed by atoms with van der Waals surface area (Å²) in [5, 5.41) is 5.47. The maximum atomic E-state index is 12.5. The van der Waals surface area contributed by atoms with E-state index in [2.05, 4.69) is 31.9 Å². The van der Waals surface area contributed by atoms with E-state index < -0.39 is 0 Å². The van der Waals surface area contributed by atoms with Crippen molar-refractivity contribution in [2.75, 3.05) is 18.4 Å². The summed E-state index contributed by atoms with van der Waals surface area (Å²) in [5.41, 5.74) is 2.27. The molecule has 3 heterocycles. The molecule has 0 radical (unpaired) electrons. The van der Waals surface area contributed by atoms with Gasteiger partial charge in [-0.25, -0.2) is 4.98 Å². The molecule has 0 saturated carbocycles. The fraction of sp³-hybridized carbons (Fsp3) is 0.389. The van der Waals surface area contributed by atoms with Crippen molar-refractivity contribution in [2.24, 2.45) is 13.0 Å². The zero-order valence-corrected chi connectivity index (χ0v) is 16.2. The van der Waals surface area contributed by atoms with Crippen molar-refractivity contribution in [1.29, 1.82) is 0 Å². The molecule has 0 unspecified atom stereocenters. The van der Waals surface area contributed by atoms with Gasteiger partial charge in [-0.1, -0.05) is 12.1 Å². The maximum absolute atomic E-state index is 12.5. The molecule has 1 saturated heterocycles. The van der Waals surface area contributed by atoms with Crippen LogP contribution in [0, 0.1) is 10.7 Å². The van der Waals surface area contributed by atoms with Crippen LogP contribution in [0.25, 0.3) is 11.0 Å². The molecule has 3 aromatic rings. The van der Waals surface area contributed by atoms with Crippen LogP contribution in [0.2, 0.25) is 0 Å². The van der Waals surface area contributed by atoms with Gasteiger partial charge < -0.3 is 14.5 Å². The van der Waals surface area contributed by atoms with E-state index in [0.717, 1.165) is 41.7 Å². The second kappa shape index (κ2) is 7.30. The highest BCUT2D eigenvalue weighted by atomic mass is 32.1. The van der Waals surface area contributed by atoms with Crippen molar-refractivity contribution < 1.29 is 4.79 Å². The predicted molar refractivity (Wildman–Crippen MR) is 107 cm³/mol. The average molecular weight is 388 g/mol. The number of amides is 1. The number of fused-ring (bicyclic) bond motifs is 1. The Morgan fingerprint density at radius 3 is 2.96 bits per heavy atom. The van der Waals surface area contributed by atoms with Gasteiger partial charge in [0.2, 0.25) is 5.91 Å². The highest BCUT2D eigenvalue weighted by Gasteiger charge is 2.26. The minimum Gasteiger partial charge on any atom is -0.320 e. The molecule has 0 aliphatic carbocycles. The molecule has 1 N–H and O–H groups in total. The van der Waals surface area contributed by atoms with Gasteiger partial charge in [0, 0.05) is 25.2 Å². The molecule has 2 aromatic heterocycles. The monoisotopic (exact) mass is 387 g/mol. The summed E-state index contributed by atoms with van der Waals surface area (Å²) in [4.78, 5) is 19.0. The predicted octanol–water partition coefficient (Wildman–Crippen LogP) is 3.47. The number of aromatic nitrogens is 3. The number of aryl methyl sites for hydroxylation is 1. The highest BCUT2D eigenvalue weighted by Crippen LogP contribution is 2.22. The van der Waals surface area contributed by atoms with Crippen LogP contribution in [-0.2, 0) is 18.5 Å². The number of hydrogen-bond donors (Lipinski definition) is 1. The van der Waals surface area contributed by atoms with Crippen molar-refractivity contribution in [3.63, 3.8) is 0 Å². The molecule has 1 fully saturated rings. The molecular weight excluding hydrogens is 366 g/mol. The van der Waals surface area contributed by atoms with Crippen LogP contribution >= 0.6 is 23.6 Å². The van der Waals surface area contributed by atoms with E-state index in [9.17, 15) is 4.79 Å². The van der Waals surface area contributed by atoms with Crippen LogP contribution in [0.1, 0.15) is 12.8 Å². The Bertz CT molecular complexity index is 975. The molecule has 0 spiro atoms. The zero-order valence-electron chi connectivity index (χ0n) is 14.6. The first-order valence-corrected chi connectivity index (χ1v) is 9.99. The van der Waals surface area contributed by atoms with E-state index in [1.54, 1.807) is 6.20 Å². The summed E-state index contributed by atoms with van der Waals surface area (Å²) in [7, 11) is 2.00. The minimum absolute atomic E-state index is 0.0169. The Morgan fingerprint density at radius 1 is 1.38 bits per heavy atom. The molecule has 1 aliphatic rings. The number of anilines is 1. The van der Waals surface area contributed by atoms with Gasteiger partial charge in [-0.2, -0.15) is 0 Å². The number of benzene rings is 1. The van der Waals surface area contributed by atoms with Crippen molar-refractivity contribution >= 4 is 45.6 Å². The molecule has 4 rings (SSSR count). The Kier molecular flexibility index (Phi) is 4.88. The average Bonchev–Trinajstić information content (AvgIpc) is 3.25. The molecule has 8 heteroatoms. The van der Waals surface area contributed by atoms with E-state index in [0.29, 0.717) is 11.8 Å². The van der Waals surface area contributed by atoms with Crippen molar-refractivity contribution in [3.05, 3.63) is 40.6 Å². The lowest BCUT2D eigenvalue weighted by Gasteiger charge is -2.32. The first-order chi connectivity index (χ1) is 12.6. The van der Waals surface area contributed by atoms with Crippen LogP contribution in [0.5, 0.6) is 0 Å². The van der Waals surface area contributed by atoms with Gasteiger partial charge in [0.25, 0.3) is 0 Å². The van der Waals surface area contributed by atoms with Crippen molar-refractivity contribution in [2.45, 2.75) is 19.5 Å². The van der Waals surface area contributed by atoms with Crippen molar-refractivity contribution in [1.82, 2.24) is 19.0 Å². The molecule has 1 aromatic carbocycles. The van der Waals surface area contributed by atoms with E-state index in [1.807, 2.05) is 29.1 Å². The maximum Gasteiger partial charge on any atom is 0.230 e. The molecule has 6 nitrogen and oxygen atoms in total. The third kappa shape index (κ3) is 3.32. The lowest BCUT2D eigenvalue weighted by molar-refractivity contribution is -0.121. The second-order valence-electron chi connectivity index (χ2n) is 6.64. The number of imidazole rings is 1. The Labute approximate surface area is 161 Å². The number of carbonyl (C=O) groups is 1. The minimum atomic E-state index is -0.0169. The number of likely N-dealkylation sites (tertiary alicyclic amines) is 1. The number of thiazole rings is 1. The van der Waals surface area contributed by atoms with Crippen LogP contribution in [0.4, 0.5) is 5.13 Å². The van der Waals surface area contributed by atoms with Crippen molar-refractivity contribution in [3.8, 4) is 0 Å². The summed E-state index contributed by atoms with van der Waals surface area (Å²) >= 11 is 7.08. The summed E-state index contributed by atoms with van der Waals surface area (Å²) in [6.45, 7) is 2.43. The highest BCUT2D eigenvalue weighted by molar-refractivity contribution is 7.71. The van der Waals surface area contributed by atoms with Crippen LogP contribution < -0.4 is 5.32 Å². The van der Waals surface area contributed by atoms with Gasteiger partial charge in [0.05, 0.1) is 23.6 Å². The van der Waals surface area contributed by atoms with E-state index in [4.69, 9.17) is 12.2 Å². The standard InChI is InChI=1S/C18H21N5OS2/c1-21-14-6-2-3-7-15(14)23(18(21)25)12-22-9-4-5-13(11-22)16(24)20-17-19-8-10-26-17/h2-3,6-8,10,13H,4-5,9,11-12H2,1H3,(H,19,20,24)/t13-/m1/s1. The molecule has 0 bridgehead atoms. The summed E-state index contributed by atoms with van der Waals surface area (Å²) < 4.78 is 5.01. The third-order valence-electron chi connectivity index (χ3n) is 4.93. The van der Waals surface area contributed by atoms with E-state index in [-0.39, 0.29) is 11.8 Å². The number of rotatable bonds is 4. The molecular formula is C18H21N5OS2. The number of piperidine rings is 1. The Hall–Kier alpha value is -2.03. The van der Waals surface area contributed by atoms with Gasteiger partial charge in [0.15, 0.2) is 9.90 Å². The third-order valence-corrected chi connectivity index (χ3v) is 6.11. The molecule has 1 aliphatic heterocycles. The molecule has 26 heavy (non-hydrogen) atoms. The summed E-state index contributed by atoms with van der Waals surface area (Å²) in [5.74, 6) is 0.0444. The first-order valence-electron chi connectivity index (χ1n) is 8.70. The number of para-hydroxylation sites is 2. The normalized spacial score (nSPS) is 18.3. The first kappa shape index (κ1) is 17.4. The van der Waals surface area contributed by atoms with Crippen LogP contribution in [0.15, 0.2) is 35.8 Å². The van der Waals surface area contributed by atoms with Gasteiger partial charge in [-0.05, 0) is 43.7 Å². The molecule has 1 amide bonds. The lowest BCUT2D eigenvalue weighted by Crippen LogP contribution is -2.41. The van der Waals surface area contributed by atoms with E-state index >= 15 is 0 Å². The fourth-order valence-electron chi connectivity index (χ4n) is 3.59. The number of nitrogens with zero attached hydrogens (tertiary/aromatic N) is 4. The van der Waals surface area contributed by atoms with Gasteiger partial charge in [-0.15, -0.1) is 11.3 Å².